The van der Waals surface area contributed by atoms with E-state index in [4.69, 9.17) is 0 Å². The van der Waals surface area contributed by atoms with Gasteiger partial charge in [-0.05, 0) is 50.7 Å². The van der Waals surface area contributed by atoms with Crippen LogP contribution in [0.1, 0.15) is 51.0 Å². The maximum absolute atomic E-state index is 12.5. The Morgan fingerprint density at radius 3 is 2.96 bits per heavy atom. The van der Waals surface area contributed by atoms with E-state index in [-0.39, 0.29) is 11.8 Å². The molecule has 1 saturated heterocycles. The summed E-state index contributed by atoms with van der Waals surface area (Å²) in [6.45, 7) is 4.51. The fourth-order valence-electron chi connectivity index (χ4n) is 3.88. The molecule has 25 heavy (non-hydrogen) atoms. The molecule has 0 bridgehead atoms. The molecule has 0 radical (unpaired) electrons. The molecule has 0 aliphatic carbocycles. The summed E-state index contributed by atoms with van der Waals surface area (Å²) in [5, 5.41) is 5.92. The SMILES string of the molecule is CC1(C(=O)NCCCN2CCCc3ccccc32)CCCCC(=O)N1. The van der Waals surface area contributed by atoms with Gasteiger partial charge in [0.15, 0.2) is 0 Å². The molecular formula is C20H29N3O2. The number of fused-ring (bicyclic) bond motifs is 1. The van der Waals surface area contributed by atoms with Crippen molar-refractivity contribution in [1.29, 1.82) is 0 Å². The zero-order valence-corrected chi connectivity index (χ0v) is 15.1. The van der Waals surface area contributed by atoms with Crippen LogP contribution in [-0.2, 0) is 16.0 Å². The molecule has 3 rings (SSSR count). The van der Waals surface area contributed by atoms with Gasteiger partial charge in [0.1, 0.15) is 5.54 Å². The molecule has 5 heteroatoms. The summed E-state index contributed by atoms with van der Waals surface area (Å²) in [7, 11) is 0. The number of nitrogens with zero attached hydrogens (tertiary/aromatic N) is 1. The van der Waals surface area contributed by atoms with Crippen LogP contribution < -0.4 is 15.5 Å². The molecule has 5 nitrogen and oxygen atoms in total. The zero-order valence-electron chi connectivity index (χ0n) is 15.1. The van der Waals surface area contributed by atoms with Crippen molar-refractivity contribution in [2.45, 2.75) is 57.4 Å². The highest BCUT2D eigenvalue weighted by molar-refractivity contribution is 5.91. The minimum absolute atomic E-state index is 0.0138. The van der Waals surface area contributed by atoms with Crippen molar-refractivity contribution in [3.8, 4) is 0 Å². The number of rotatable bonds is 5. The van der Waals surface area contributed by atoms with Crippen molar-refractivity contribution in [1.82, 2.24) is 10.6 Å². The van der Waals surface area contributed by atoms with Crippen molar-refractivity contribution < 1.29 is 9.59 Å². The first-order valence-electron chi connectivity index (χ1n) is 9.51. The van der Waals surface area contributed by atoms with E-state index < -0.39 is 5.54 Å². The Morgan fingerprint density at radius 2 is 2.08 bits per heavy atom. The number of aryl methyl sites for hydroxylation is 1. The highest BCUT2D eigenvalue weighted by Gasteiger charge is 2.35. The number of carbonyl (C=O) groups is 2. The first kappa shape index (κ1) is 17.8. The number of anilines is 1. The molecule has 2 aliphatic rings. The topological polar surface area (TPSA) is 61.4 Å². The van der Waals surface area contributed by atoms with Crippen LogP contribution in [0.4, 0.5) is 5.69 Å². The molecule has 2 amide bonds. The van der Waals surface area contributed by atoms with E-state index in [1.54, 1.807) is 0 Å². The highest BCUT2D eigenvalue weighted by Crippen LogP contribution is 2.26. The van der Waals surface area contributed by atoms with Crippen molar-refractivity contribution in [2.24, 2.45) is 0 Å². The molecule has 0 spiro atoms. The van der Waals surface area contributed by atoms with Crippen LogP contribution in [0, 0.1) is 0 Å². The van der Waals surface area contributed by atoms with Gasteiger partial charge in [0.05, 0.1) is 0 Å². The minimum Gasteiger partial charge on any atom is -0.371 e. The van der Waals surface area contributed by atoms with Gasteiger partial charge in [-0.1, -0.05) is 24.6 Å². The summed E-state index contributed by atoms with van der Waals surface area (Å²) in [6.07, 6.45) is 6.26. The number of hydrogen-bond acceptors (Lipinski definition) is 3. The summed E-state index contributed by atoms with van der Waals surface area (Å²) in [6, 6.07) is 8.59. The minimum atomic E-state index is -0.759. The van der Waals surface area contributed by atoms with Gasteiger partial charge >= 0.3 is 0 Å². The molecule has 2 N–H and O–H groups in total. The number of para-hydroxylation sites is 1. The van der Waals surface area contributed by atoms with Gasteiger partial charge in [-0.15, -0.1) is 0 Å². The third-order valence-electron chi connectivity index (χ3n) is 5.34. The Morgan fingerprint density at radius 1 is 1.24 bits per heavy atom. The summed E-state index contributed by atoms with van der Waals surface area (Å²) in [5.41, 5.74) is 2.00. The van der Waals surface area contributed by atoms with Crippen LogP contribution in [0.3, 0.4) is 0 Å². The quantitative estimate of drug-likeness (QED) is 0.807. The van der Waals surface area contributed by atoms with Crippen LogP contribution in [0.25, 0.3) is 0 Å². The molecule has 1 fully saturated rings. The van der Waals surface area contributed by atoms with Crippen molar-refractivity contribution in [2.75, 3.05) is 24.5 Å². The molecule has 1 atom stereocenters. The third-order valence-corrected chi connectivity index (χ3v) is 5.34. The Hall–Kier alpha value is -2.04. The number of carbonyl (C=O) groups excluding carboxylic acids is 2. The Balaban J connectivity index is 1.47. The third kappa shape index (κ3) is 4.33. The lowest BCUT2D eigenvalue weighted by Crippen LogP contribution is -2.56. The zero-order chi connectivity index (χ0) is 17.7. The van der Waals surface area contributed by atoms with E-state index in [2.05, 4.69) is 39.8 Å². The van der Waals surface area contributed by atoms with E-state index in [9.17, 15) is 9.59 Å². The fraction of sp³-hybridized carbons (Fsp3) is 0.600. The summed E-state index contributed by atoms with van der Waals surface area (Å²) in [4.78, 5) is 26.7. The second kappa shape index (κ2) is 7.89. The van der Waals surface area contributed by atoms with Gasteiger partial charge in [-0.3, -0.25) is 9.59 Å². The lowest BCUT2D eigenvalue weighted by molar-refractivity contribution is -0.132. The molecule has 2 heterocycles. The lowest BCUT2D eigenvalue weighted by atomic mass is 9.95. The Labute approximate surface area is 150 Å². The normalized spacial score (nSPS) is 23.4. The second-order valence-corrected chi connectivity index (χ2v) is 7.42. The van der Waals surface area contributed by atoms with Gasteiger partial charge in [0.2, 0.25) is 11.8 Å². The molecule has 0 aromatic heterocycles. The van der Waals surface area contributed by atoms with Crippen LogP contribution in [0.2, 0.25) is 0 Å². The largest absolute Gasteiger partial charge is 0.371 e. The molecule has 0 saturated carbocycles. The van der Waals surface area contributed by atoms with Crippen LogP contribution >= 0.6 is 0 Å². The smallest absolute Gasteiger partial charge is 0.245 e. The van der Waals surface area contributed by atoms with Crippen LogP contribution in [-0.4, -0.2) is 37.0 Å². The van der Waals surface area contributed by atoms with Crippen molar-refractivity contribution in [3.05, 3.63) is 29.8 Å². The standard InChI is InChI=1S/C20H29N3O2/c1-20(12-5-4-11-18(24)22-20)19(25)21-13-7-15-23-14-6-9-16-8-2-3-10-17(16)23/h2-3,8,10H,4-7,9,11-15H2,1H3,(H,21,25)(H,22,24). The summed E-state index contributed by atoms with van der Waals surface area (Å²) >= 11 is 0. The maximum Gasteiger partial charge on any atom is 0.245 e. The predicted molar refractivity (Wildman–Crippen MR) is 99.6 cm³/mol. The van der Waals surface area contributed by atoms with Crippen molar-refractivity contribution in [3.63, 3.8) is 0 Å². The molecule has 1 aromatic rings. The van der Waals surface area contributed by atoms with Gasteiger partial charge in [0.25, 0.3) is 0 Å². The number of nitrogens with one attached hydrogen (secondary N) is 2. The summed E-state index contributed by atoms with van der Waals surface area (Å²) < 4.78 is 0. The summed E-state index contributed by atoms with van der Waals surface area (Å²) in [5.74, 6) is -0.0677. The molecular weight excluding hydrogens is 314 g/mol. The Kier molecular flexibility index (Phi) is 5.61. The molecule has 136 valence electrons. The van der Waals surface area contributed by atoms with Gasteiger partial charge in [-0.25, -0.2) is 0 Å². The molecule has 1 unspecified atom stereocenters. The average Bonchev–Trinajstić information content (AvgIpc) is 2.79. The highest BCUT2D eigenvalue weighted by atomic mass is 16.2. The average molecular weight is 343 g/mol. The number of amides is 2. The lowest BCUT2D eigenvalue weighted by Gasteiger charge is -2.32. The van der Waals surface area contributed by atoms with Gasteiger partial charge in [0, 0.05) is 31.7 Å². The second-order valence-electron chi connectivity index (χ2n) is 7.42. The van der Waals surface area contributed by atoms with E-state index in [1.165, 1.54) is 17.7 Å². The molecule has 2 aliphatic heterocycles. The first-order valence-corrected chi connectivity index (χ1v) is 9.51. The monoisotopic (exact) mass is 343 g/mol. The first-order chi connectivity index (χ1) is 12.1. The van der Waals surface area contributed by atoms with Gasteiger partial charge in [-0.2, -0.15) is 0 Å². The van der Waals surface area contributed by atoms with E-state index in [0.29, 0.717) is 19.4 Å². The number of benzene rings is 1. The van der Waals surface area contributed by atoms with Gasteiger partial charge < -0.3 is 15.5 Å². The van der Waals surface area contributed by atoms with E-state index in [1.807, 2.05) is 6.92 Å². The molecule has 1 aromatic carbocycles. The van der Waals surface area contributed by atoms with E-state index >= 15 is 0 Å². The van der Waals surface area contributed by atoms with Crippen LogP contribution in [0.15, 0.2) is 24.3 Å². The predicted octanol–water partition coefficient (Wildman–Crippen LogP) is 2.39. The van der Waals surface area contributed by atoms with E-state index in [0.717, 1.165) is 38.8 Å². The number of hydrogen-bond donors (Lipinski definition) is 2. The Bertz CT molecular complexity index is 631. The van der Waals surface area contributed by atoms with Crippen molar-refractivity contribution >= 4 is 17.5 Å². The fourth-order valence-corrected chi connectivity index (χ4v) is 3.88. The van der Waals surface area contributed by atoms with Crippen LogP contribution in [0.5, 0.6) is 0 Å². The maximum atomic E-state index is 12.5.